The van der Waals surface area contributed by atoms with Crippen LogP contribution in [0.5, 0.6) is 5.75 Å². The van der Waals surface area contributed by atoms with E-state index >= 15 is 0 Å². The predicted octanol–water partition coefficient (Wildman–Crippen LogP) is 3.86. The minimum Gasteiger partial charge on any atom is -0.491 e. The van der Waals surface area contributed by atoms with E-state index in [1.807, 2.05) is 29.8 Å². The number of nitrogens with two attached hydrogens (primary N) is 1. The van der Waals surface area contributed by atoms with Crippen molar-refractivity contribution in [1.29, 1.82) is 0 Å². The molecule has 2 rings (SSSR count). The molecule has 20 heavy (non-hydrogen) atoms. The van der Waals surface area contributed by atoms with E-state index in [1.54, 1.807) is 11.3 Å². The summed E-state index contributed by atoms with van der Waals surface area (Å²) in [6, 6.07) is 5.77. The smallest absolute Gasteiger partial charge is 0.144 e. The Labute approximate surface area is 124 Å². The van der Waals surface area contributed by atoms with Gasteiger partial charge in [0.1, 0.15) is 10.8 Å². The predicted molar refractivity (Wildman–Crippen MR) is 85.4 cm³/mol. The lowest BCUT2D eigenvalue weighted by atomic mass is 10.1. The molecule has 108 valence electrons. The second-order valence-corrected chi connectivity index (χ2v) is 6.08. The first-order valence-corrected chi connectivity index (χ1v) is 7.61. The summed E-state index contributed by atoms with van der Waals surface area (Å²) in [6.45, 7) is 6.96. The normalized spacial score (nSPS) is 11.3. The van der Waals surface area contributed by atoms with Crippen molar-refractivity contribution >= 4 is 22.7 Å². The first-order valence-electron chi connectivity index (χ1n) is 6.73. The molecule has 0 radical (unpaired) electrons. The van der Waals surface area contributed by atoms with Crippen LogP contribution in [0.1, 0.15) is 32.2 Å². The molecular formula is C15H21N3OS. The van der Waals surface area contributed by atoms with E-state index in [2.05, 4.69) is 31.1 Å². The van der Waals surface area contributed by atoms with Gasteiger partial charge in [-0.15, -0.1) is 11.3 Å². The number of rotatable bonds is 6. The number of hydrogen-bond acceptors (Lipinski definition) is 5. The van der Waals surface area contributed by atoms with E-state index in [4.69, 9.17) is 10.5 Å². The van der Waals surface area contributed by atoms with Gasteiger partial charge in [-0.2, -0.15) is 0 Å². The van der Waals surface area contributed by atoms with Gasteiger partial charge in [-0.1, -0.05) is 6.92 Å². The third kappa shape index (κ3) is 3.42. The monoisotopic (exact) mass is 291 g/mol. The Hall–Kier alpha value is -1.75. The van der Waals surface area contributed by atoms with Crippen LogP contribution >= 0.6 is 11.3 Å². The summed E-state index contributed by atoms with van der Waals surface area (Å²) in [4.78, 5) is 4.37. The molecule has 0 aliphatic carbocycles. The third-order valence-electron chi connectivity index (χ3n) is 2.90. The number of nitrogens with one attached hydrogen (secondary N) is 1. The Kier molecular flexibility index (Phi) is 4.49. The molecule has 1 aromatic heterocycles. The minimum atomic E-state index is -0.230. The zero-order chi connectivity index (χ0) is 14.6. The summed E-state index contributed by atoms with van der Waals surface area (Å²) in [7, 11) is 0. The Morgan fingerprint density at radius 2 is 2.20 bits per heavy atom. The van der Waals surface area contributed by atoms with E-state index in [0.29, 0.717) is 12.3 Å². The molecule has 1 heterocycles. The number of nitrogen functional groups attached to an aromatic ring is 1. The van der Waals surface area contributed by atoms with Gasteiger partial charge in [0.25, 0.3) is 0 Å². The highest BCUT2D eigenvalue weighted by Gasteiger charge is 2.23. The number of benzene rings is 1. The molecule has 0 aliphatic rings. The molecule has 2 aromatic rings. The molecular weight excluding hydrogens is 270 g/mol. The van der Waals surface area contributed by atoms with Gasteiger partial charge in [0.05, 0.1) is 17.8 Å². The minimum absolute atomic E-state index is 0.230. The van der Waals surface area contributed by atoms with E-state index in [9.17, 15) is 0 Å². The van der Waals surface area contributed by atoms with Crippen molar-refractivity contribution in [2.24, 2.45) is 0 Å². The average Bonchev–Trinajstić information content (AvgIpc) is 2.94. The SMILES string of the molecule is CCCOc1cc(NC(C)(C)c2nccs2)ccc1N. The first-order chi connectivity index (χ1) is 9.53. The van der Waals surface area contributed by atoms with Crippen molar-refractivity contribution in [3.8, 4) is 5.75 Å². The van der Waals surface area contributed by atoms with Crippen molar-refractivity contribution in [1.82, 2.24) is 4.98 Å². The van der Waals surface area contributed by atoms with Crippen molar-refractivity contribution in [2.45, 2.75) is 32.7 Å². The van der Waals surface area contributed by atoms with Crippen molar-refractivity contribution < 1.29 is 4.74 Å². The first kappa shape index (κ1) is 14.7. The number of nitrogens with zero attached hydrogens (tertiary/aromatic N) is 1. The highest BCUT2D eigenvalue weighted by atomic mass is 32.1. The van der Waals surface area contributed by atoms with E-state index in [1.165, 1.54) is 0 Å². The molecule has 0 fully saturated rings. The fraction of sp³-hybridized carbons (Fsp3) is 0.400. The maximum atomic E-state index is 5.93. The lowest BCUT2D eigenvalue weighted by molar-refractivity contribution is 0.319. The van der Waals surface area contributed by atoms with Gasteiger partial charge >= 0.3 is 0 Å². The molecule has 1 aromatic carbocycles. The van der Waals surface area contributed by atoms with Gasteiger partial charge in [0.15, 0.2) is 0 Å². The summed E-state index contributed by atoms with van der Waals surface area (Å²) >= 11 is 1.64. The zero-order valence-corrected chi connectivity index (χ0v) is 13.0. The largest absolute Gasteiger partial charge is 0.491 e. The van der Waals surface area contributed by atoms with Crippen LogP contribution in [0.25, 0.3) is 0 Å². The highest BCUT2D eigenvalue weighted by Crippen LogP contribution is 2.31. The Morgan fingerprint density at radius 3 is 2.85 bits per heavy atom. The fourth-order valence-electron chi connectivity index (χ4n) is 1.90. The molecule has 0 atom stereocenters. The summed E-state index contributed by atoms with van der Waals surface area (Å²) in [5.41, 5.74) is 7.34. The van der Waals surface area contributed by atoms with Gasteiger partial charge < -0.3 is 15.8 Å². The number of ether oxygens (including phenoxy) is 1. The van der Waals surface area contributed by atoms with Gasteiger partial charge in [-0.3, -0.25) is 0 Å². The van der Waals surface area contributed by atoms with Crippen LogP contribution in [0, 0.1) is 0 Å². The van der Waals surface area contributed by atoms with Crippen LogP contribution < -0.4 is 15.8 Å². The topological polar surface area (TPSA) is 60.2 Å². The second-order valence-electron chi connectivity index (χ2n) is 5.19. The van der Waals surface area contributed by atoms with Crippen LogP contribution in [0.3, 0.4) is 0 Å². The molecule has 0 aliphatic heterocycles. The standard InChI is InChI=1S/C15H21N3OS/c1-4-8-19-13-10-11(5-6-12(13)16)18-15(2,3)14-17-7-9-20-14/h5-7,9-10,18H,4,8,16H2,1-3H3. The maximum Gasteiger partial charge on any atom is 0.144 e. The Balaban J connectivity index is 2.17. The van der Waals surface area contributed by atoms with Crippen LogP contribution in [-0.2, 0) is 5.54 Å². The molecule has 0 bridgehead atoms. The molecule has 4 nitrogen and oxygen atoms in total. The van der Waals surface area contributed by atoms with Gasteiger partial charge in [-0.25, -0.2) is 4.98 Å². The molecule has 5 heteroatoms. The van der Waals surface area contributed by atoms with Crippen LogP contribution in [0.4, 0.5) is 11.4 Å². The summed E-state index contributed by atoms with van der Waals surface area (Å²) < 4.78 is 5.65. The molecule has 0 saturated carbocycles. The average molecular weight is 291 g/mol. The van der Waals surface area contributed by atoms with Crippen LogP contribution in [0.15, 0.2) is 29.8 Å². The highest BCUT2D eigenvalue weighted by molar-refractivity contribution is 7.09. The number of anilines is 2. The van der Waals surface area contributed by atoms with Gasteiger partial charge in [0.2, 0.25) is 0 Å². The Bertz CT molecular complexity index is 552. The lowest BCUT2D eigenvalue weighted by Gasteiger charge is -2.25. The summed E-state index contributed by atoms with van der Waals surface area (Å²) in [5, 5.41) is 6.51. The number of aromatic nitrogens is 1. The lowest BCUT2D eigenvalue weighted by Crippen LogP contribution is -2.27. The Morgan fingerprint density at radius 1 is 1.40 bits per heavy atom. The molecule has 0 spiro atoms. The summed E-state index contributed by atoms with van der Waals surface area (Å²) in [5.74, 6) is 0.729. The van der Waals surface area contributed by atoms with Crippen LogP contribution in [-0.4, -0.2) is 11.6 Å². The van der Waals surface area contributed by atoms with Gasteiger partial charge in [0, 0.05) is 23.3 Å². The zero-order valence-electron chi connectivity index (χ0n) is 12.1. The number of thiazole rings is 1. The van der Waals surface area contributed by atoms with E-state index < -0.39 is 0 Å². The molecule has 0 amide bonds. The third-order valence-corrected chi connectivity index (χ3v) is 4.00. The number of hydrogen-bond donors (Lipinski definition) is 2. The van der Waals surface area contributed by atoms with Gasteiger partial charge in [-0.05, 0) is 32.4 Å². The van der Waals surface area contributed by atoms with Crippen molar-refractivity contribution in [2.75, 3.05) is 17.7 Å². The van der Waals surface area contributed by atoms with E-state index in [0.717, 1.165) is 22.9 Å². The fourth-order valence-corrected chi connectivity index (χ4v) is 2.61. The van der Waals surface area contributed by atoms with E-state index in [-0.39, 0.29) is 5.54 Å². The van der Waals surface area contributed by atoms with Crippen molar-refractivity contribution in [3.05, 3.63) is 34.8 Å². The summed E-state index contributed by atoms with van der Waals surface area (Å²) in [6.07, 6.45) is 2.78. The second kappa shape index (κ2) is 6.13. The van der Waals surface area contributed by atoms with Crippen molar-refractivity contribution in [3.63, 3.8) is 0 Å². The quantitative estimate of drug-likeness (QED) is 0.793. The van der Waals surface area contributed by atoms with Crippen LogP contribution in [0.2, 0.25) is 0 Å². The molecule has 3 N–H and O–H groups in total. The maximum absolute atomic E-state index is 5.93. The molecule has 0 unspecified atom stereocenters. The molecule has 0 saturated heterocycles.